The van der Waals surface area contributed by atoms with Crippen molar-refractivity contribution in [1.82, 2.24) is 5.32 Å². The Morgan fingerprint density at radius 1 is 0.339 bits per heavy atom. The number of ether oxygens (including phenoxy) is 3. The number of aliphatic hydroxyl groups excluding tert-OH is 1. The maximum absolute atomic E-state index is 14.2. The second-order valence-electron chi connectivity index (χ2n) is 29.4. The van der Waals surface area contributed by atoms with Crippen molar-refractivity contribution in [2.75, 3.05) is 26.4 Å². The van der Waals surface area contributed by atoms with Gasteiger partial charge in [-0.25, -0.2) is 4.39 Å². The quantitative estimate of drug-likeness (QED) is 0.0385. The van der Waals surface area contributed by atoms with Gasteiger partial charge >= 0.3 is 5.97 Å². The molecule has 0 radical (unpaired) electrons. The van der Waals surface area contributed by atoms with Crippen LogP contribution >= 0.6 is 0 Å². The first-order valence-electron chi connectivity index (χ1n) is 40.8. The second kappa shape index (κ2) is 42.0. The third-order valence-electron chi connectivity index (χ3n) is 22.2. The zero-order valence-corrected chi connectivity index (χ0v) is 66.5. The van der Waals surface area contributed by atoms with Crippen LogP contribution in [0.2, 0.25) is 0 Å². The number of aliphatic hydroxyl groups is 1. The summed E-state index contributed by atoms with van der Waals surface area (Å²) in [6, 6.07) is 152. The Hall–Kier alpha value is -13.0. The highest BCUT2D eigenvalue weighted by Gasteiger charge is 2.42. The van der Waals surface area contributed by atoms with Gasteiger partial charge in [-0.2, -0.15) is 0 Å². The van der Waals surface area contributed by atoms with Crippen molar-refractivity contribution in [3.05, 3.63) is 538 Å². The molecule has 2 aliphatic rings. The van der Waals surface area contributed by atoms with Gasteiger partial charge in [0.15, 0.2) is 0 Å². The average Bonchev–Trinajstić information content (AvgIpc) is 1.02. The zero-order valence-electron chi connectivity index (χ0n) is 66.5. The van der Waals surface area contributed by atoms with Gasteiger partial charge in [-0.1, -0.05) is 443 Å². The van der Waals surface area contributed by atoms with Crippen molar-refractivity contribution in [3.63, 3.8) is 0 Å². The first-order valence-corrected chi connectivity index (χ1v) is 40.8. The topological polar surface area (TPSA) is 120 Å². The van der Waals surface area contributed by atoms with Gasteiger partial charge in [-0.15, -0.1) is 0 Å². The van der Waals surface area contributed by atoms with E-state index in [4.69, 9.17) is 19.9 Å². The van der Waals surface area contributed by atoms with E-state index in [2.05, 4.69) is 242 Å². The molecule has 15 aromatic carbocycles. The van der Waals surface area contributed by atoms with Crippen LogP contribution in [0.1, 0.15) is 128 Å². The first kappa shape index (κ1) is 83.0. The molecule has 2 heterocycles. The number of rotatable bonds is 25. The summed E-state index contributed by atoms with van der Waals surface area (Å²) in [5.74, 6) is -0.273. The number of nitrogens with one attached hydrogen (secondary N) is 1. The third kappa shape index (κ3) is 19.9. The van der Waals surface area contributed by atoms with E-state index in [1.165, 1.54) is 39.4 Å². The lowest BCUT2D eigenvalue weighted by atomic mass is 9.67. The smallest absolute Gasteiger partial charge is 0.306 e. The van der Waals surface area contributed by atoms with Crippen molar-refractivity contribution in [2.45, 2.75) is 78.6 Å². The molecule has 8 nitrogen and oxygen atoms in total. The second-order valence-corrected chi connectivity index (χ2v) is 29.4. The molecule has 0 unspecified atom stereocenters. The van der Waals surface area contributed by atoms with Gasteiger partial charge in [0.25, 0.3) is 0 Å². The monoisotopic (exact) mass is 1550 g/mol. The van der Waals surface area contributed by atoms with Gasteiger partial charge in [0, 0.05) is 36.2 Å². The van der Waals surface area contributed by atoms with E-state index in [0.717, 1.165) is 57.3 Å². The SMILES string of the molecule is Fc1ccccc1C(c1ccccc1)c1ccccc1.NCCC(c1ccccc1)(c1ccccc1)c1ccccc1.O=C1CC[C@@H](COC(c2ccccc2)(c2ccccc2)c2ccccc2)N1.O=C1CC[C@@H](COC(c2ccccc2)(c2ccccc2)c2ccccc2)O1.OCCC(c1ccccc1)(c1ccccc1)c1ccccc1. The number of cyclic esters (lactones) is 1. The Bertz CT molecular complexity index is 4700. The number of halogens is 1. The number of benzene rings is 15. The summed E-state index contributed by atoms with van der Waals surface area (Å²) in [6.45, 7) is 1.59. The fraction of sp³-hybridized carbons (Fsp3) is 0.156. The van der Waals surface area contributed by atoms with Gasteiger partial charge in [0.2, 0.25) is 5.91 Å². The highest BCUT2D eigenvalue weighted by Crippen LogP contribution is 2.46. The van der Waals surface area contributed by atoms with Crippen molar-refractivity contribution in [1.29, 1.82) is 0 Å². The molecular weight excluding hydrogens is 1450 g/mol. The summed E-state index contributed by atoms with van der Waals surface area (Å²) in [5, 5.41) is 12.8. The Kier molecular flexibility index (Phi) is 29.6. The number of esters is 1. The summed E-state index contributed by atoms with van der Waals surface area (Å²) >= 11 is 0. The molecule has 9 heteroatoms. The Morgan fingerprint density at radius 3 is 0.856 bits per heavy atom. The largest absolute Gasteiger partial charge is 0.460 e. The molecule has 0 aromatic heterocycles. The number of carbonyl (C=O) groups excluding carboxylic acids is 2. The van der Waals surface area contributed by atoms with Crippen molar-refractivity contribution >= 4 is 11.9 Å². The molecule has 118 heavy (non-hydrogen) atoms. The van der Waals surface area contributed by atoms with E-state index < -0.39 is 11.2 Å². The maximum Gasteiger partial charge on any atom is 0.306 e. The van der Waals surface area contributed by atoms with Crippen LogP contribution in [0, 0.1) is 5.82 Å². The minimum atomic E-state index is -0.765. The predicted octanol–water partition coefficient (Wildman–Crippen LogP) is 22.8. The van der Waals surface area contributed by atoms with E-state index in [1.807, 2.05) is 200 Å². The summed E-state index contributed by atoms with van der Waals surface area (Å²) in [6.07, 6.45) is 3.89. The highest BCUT2D eigenvalue weighted by molar-refractivity contribution is 5.78. The minimum absolute atomic E-state index is 0.0491. The Balaban J connectivity index is 0.000000128. The van der Waals surface area contributed by atoms with E-state index >= 15 is 0 Å². The summed E-state index contributed by atoms with van der Waals surface area (Å²) in [5.41, 5.74) is 20.8. The van der Waals surface area contributed by atoms with Crippen LogP contribution in [0.5, 0.6) is 0 Å². The van der Waals surface area contributed by atoms with Crippen molar-refractivity contribution in [2.24, 2.45) is 5.73 Å². The molecule has 2 aliphatic heterocycles. The summed E-state index contributed by atoms with van der Waals surface area (Å²) in [4.78, 5) is 23.1. The average molecular weight is 1550 g/mol. The summed E-state index contributed by atoms with van der Waals surface area (Å²) < 4.78 is 33.0. The fourth-order valence-corrected chi connectivity index (χ4v) is 16.6. The first-order chi connectivity index (χ1) is 58.2. The van der Waals surface area contributed by atoms with Crippen LogP contribution in [0.4, 0.5) is 4.39 Å². The van der Waals surface area contributed by atoms with Gasteiger partial charge in [0.1, 0.15) is 23.1 Å². The van der Waals surface area contributed by atoms with E-state index in [0.29, 0.717) is 51.0 Å². The third-order valence-corrected chi connectivity index (χ3v) is 22.2. The predicted molar refractivity (Wildman–Crippen MR) is 475 cm³/mol. The van der Waals surface area contributed by atoms with Crippen LogP contribution < -0.4 is 11.1 Å². The minimum Gasteiger partial charge on any atom is -0.460 e. The lowest BCUT2D eigenvalue weighted by Crippen LogP contribution is -2.38. The number of hydrogen-bond donors (Lipinski definition) is 3. The molecule has 17 rings (SSSR count). The van der Waals surface area contributed by atoms with Crippen LogP contribution in [-0.2, 0) is 45.8 Å². The fourth-order valence-electron chi connectivity index (χ4n) is 16.6. The van der Waals surface area contributed by atoms with E-state index in [9.17, 15) is 19.1 Å². The normalized spacial score (nSPS) is 13.8. The van der Waals surface area contributed by atoms with E-state index in [-0.39, 0.29) is 53.2 Å². The number of nitrogens with two attached hydrogens (primary N) is 1. The lowest BCUT2D eigenvalue weighted by molar-refractivity contribution is -0.145. The molecule has 2 atom stereocenters. The van der Waals surface area contributed by atoms with E-state index in [1.54, 1.807) is 6.07 Å². The van der Waals surface area contributed by atoms with Crippen LogP contribution in [0.3, 0.4) is 0 Å². The molecule has 4 N–H and O–H groups in total. The molecule has 0 bridgehead atoms. The van der Waals surface area contributed by atoms with Crippen molar-refractivity contribution < 1.29 is 33.3 Å². The molecule has 15 aromatic rings. The maximum atomic E-state index is 14.2. The van der Waals surface area contributed by atoms with Gasteiger partial charge in [-0.3, -0.25) is 9.59 Å². The molecule has 2 fully saturated rings. The lowest BCUT2D eigenvalue weighted by Gasteiger charge is -2.36. The van der Waals surface area contributed by atoms with Gasteiger partial charge in [-0.05, 0) is 122 Å². The van der Waals surface area contributed by atoms with Gasteiger partial charge < -0.3 is 30.4 Å². The van der Waals surface area contributed by atoms with Crippen LogP contribution in [0.25, 0.3) is 0 Å². The molecule has 0 spiro atoms. The number of amides is 1. The number of carbonyl (C=O) groups is 2. The molecule has 590 valence electrons. The molecule has 1 amide bonds. The van der Waals surface area contributed by atoms with Gasteiger partial charge in [0.05, 0.1) is 19.3 Å². The van der Waals surface area contributed by atoms with Crippen molar-refractivity contribution in [3.8, 4) is 0 Å². The Labute approximate surface area is 695 Å². The molecule has 2 saturated heterocycles. The number of hydrogen-bond acceptors (Lipinski definition) is 7. The molecule has 0 saturated carbocycles. The van der Waals surface area contributed by atoms with Crippen LogP contribution in [0.15, 0.2) is 449 Å². The van der Waals surface area contributed by atoms with Crippen LogP contribution in [-0.4, -0.2) is 55.5 Å². The molecule has 0 aliphatic carbocycles. The zero-order chi connectivity index (χ0) is 81.3. The highest BCUT2D eigenvalue weighted by atomic mass is 19.1. The standard InChI is InChI=1S/C24H23NO2.C24H22O3.C21H21N.C21H20O.C19H15F/c26-23-17-16-22(25-23)18-27-24(19-10-4-1-5-11-19,20-12-6-2-7-13-20)21-14-8-3-9-15-21;25-23-17-16-22(27-23)18-26-24(19-10-4-1-5-11-19,20-12-6-2-7-13-20)21-14-8-3-9-15-21;2*22-17-16-21(18-10-4-1-5-11-18,19-12-6-2-7-13-19)20-14-8-3-9-15-20;20-18-14-8-7-13-17(18)19(15-9-3-1-4-10-15)16-11-5-2-6-12-16/h1-15,22H,16-18H2,(H,25,26);1-15,22H,16-18H2;1-15H,16-17,22H2;1-15,22H,16-17H2;1-14,19H/t2*22-;;;/m00.../s1. The summed E-state index contributed by atoms with van der Waals surface area (Å²) in [7, 11) is 0. The molecular formula is C109H101FN2O6. The Morgan fingerprint density at radius 2 is 0.602 bits per heavy atom.